The first-order chi connectivity index (χ1) is 9.95. The van der Waals surface area contributed by atoms with E-state index in [1.165, 1.54) is 0 Å². The van der Waals surface area contributed by atoms with Gasteiger partial charge in [-0.05, 0) is 32.0 Å². The second kappa shape index (κ2) is 6.83. The summed E-state index contributed by atoms with van der Waals surface area (Å²) in [6.07, 6.45) is 1.63. The molecule has 5 nitrogen and oxygen atoms in total. The number of ether oxygens (including phenoxy) is 1. The van der Waals surface area contributed by atoms with Gasteiger partial charge in [-0.25, -0.2) is 4.68 Å². The Morgan fingerprint density at radius 2 is 2.00 bits per heavy atom. The number of benzene rings is 1. The fourth-order valence-corrected chi connectivity index (χ4v) is 2.27. The predicted molar refractivity (Wildman–Crippen MR) is 83.2 cm³/mol. The number of amides is 1. The third-order valence-electron chi connectivity index (χ3n) is 2.63. The number of hydrogen-bond acceptors (Lipinski definition) is 3. The number of nitrogens with zero attached hydrogens (tertiary/aromatic N) is 2. The van der Waals surface area contributed by atoms with Gasteiger partial charge in [0.25, 0.3) is 5.91 Å². The Morgan fingerprint density at radius 3 is 2.62 bits per heavy atom. The van der Waals surface area contributed by atoms with E-state index in [1.807, 2.05) is 13.8 Å². The van der Waals surface area contributed by atoms with E-state index >= 15 is 0 Å². The molecule has 0 aliphatic rings. The molecular formula is C14H15Cl2N3O2. The Labute approximate surface area is 132 Å². The summed E-state index contributed by atoms with van der Waals surface area (Å²) in [5.74, 6) is 0.788. The van der Waals surface area contributed by atoms with Crippen molar-refractivity contribution in [2.45, 2.75) is 19.9 Å². The van der Waals surface area contributed by atoms with Crippen molar-refractivity contribution >= 4 is 34.9 Å². The van der Waals surface area contributed by atoms with Gasteiger partial charge < -0.3 is 10.1 Å². The van der Waals surface area contributed by atoms with Crippen LogP contribution >= 0.6 is 23.2 Å². The van der Waals surface area contributed by atoms with E-state index in [2.05, 4.69) is 10.4 Å². The molecule has 2 rings (SSSR count). The predicted octanol–water partition coefficient (Wildman–Crippen LogP) is 3.79. The van der Waals surface area contributed by atoms with Crippen LogP contribution in [0, 0.1) is 0 Å². The van der Waals surface area contributed by atoms with E-state index in [-0.39, 0.29) is 18.6 Å². The molecule has 0 unspecified atom stereocenters. The minimum absolute atomic E-state index is 0.139. The molecule has 0 spiro atoms. The highest BCUT2D eigenvalue weighted by Gasteiger charge is 2.10. The summed E-state index contributed by atoms with van der Waals surface area (Å²) in [5, 5.41) is 7.79. The molecule has 0 aliphatic heterocycles. The largest absolute Gasteiger partial charge is 0.484 e. The zero-order valence-electron chi connectivity index (χ0n) is 11.6. The van der Waals surface area contributed by atoms with Crippen molar-refractivity contribution in [2.75, 3.05) is 11.9 Å². The molecule has 1 amide bonds. The normalized spacial score (nSPS) is 10.7. The molecule has 0 fully saturated rings. The summed E-state index contributed by atoms with van der Waals surface area (Å²) in [4.78, 5) is 11.9. The zero-order chi connectivity index (χ0) is 15.4. The number of rotatable bonds is 5. The molecule has 0 atom stereocenters. The summed E-state index contributed by atoms with van der Waals surface area (Å²) in [6.45, 7) is 3.82. The van der Waals surface area contributed by atoms with Gasteiger partial charge in [0.05, 0.1) is 6.20 Å². The highest BCUT2D eigenvalue weighted by molar-refractivity contribution is 6.34. The number of carbonyl (C=O) groups excluding carboxylic acids is 1. The van der Waals surface area contributed by atoms with E-state index < -0.39 is 0 Å². The van der Waals surface area contributed by atoms with Crippen LogP contribution in [0.4, 0.5) is 5.82 Å². The topological polar surface area (TPSA) is 56.2 Å². The van der Waals surface area contributed by atoms with E-state index in [1.54, 1.807) is 35.1 Å². The number of nitrogens with one attached hydrogen (secondary N) is 1. The lowest BCUT2D eigenvalue weighted by atomic mass is 10.3. The Balaban J connectivity index is 1.94. The first-order valence-electron chi connectivity index (χ1n) is 6.38. The van der Waals surface area contributed by atoms with Crippen LogP contribution in [0.1, 0.15) is 19.9 Å². The summed E-state index contributed by atoms with van der Waals surface area (Å²) < 4.78 is 7.08. The van der Waals surface area contributed by atoms with Gasteiger partial charge in [-0.3, -0.25) is 4.79 Å². The first kappa shape index (κ1) is 15.7. The van der Waals surface area contributed by atoms with Crippen LogP contribution in [0.25, 0.3) is 0 Å². The van der Waals surface area contributed by atoms with Crippen LogP contribution in [0.2, 0.25) is 10.0 Å². The van der Waals surface area contributed by atoms with Crippen molar-refractivity contribution in [1.29, 1.82) is 0 Å². The summed E-state index contributed by atoms with van der Waals surface area (Å²) in [6, 6.07) is 6.67. The number of halogens is 2. The molecule has 0 saturated carbocycles. The van der Waals surface area contributed by atoms with E-state index in [0.29, 0.717) is 21.6 Å². The maximum atomic E-state index is 11.9. The molecule has 1 aromatic carbocycles. The van der Waals surface area contributed by atoms with Gasteiger partial charge in [-0.1, -0.05) is 23.2 Å². The van der Waals surface area contributed by atoms with Crippen LogP contribution in [0.3, 0.4) is 0 Å². The highest BCUT2D eigenvalue weighted by Crippen LogP contribution is 2.24. The van der Waals surface area contributed by atoms with Gasteiger partial charge in [0, 0.05) is 22.2 Å². The van der Waals surface area contributed by atoms with Crippen LogP contribution in [-0.2, 0) is 4.79 Å². The Morgan fingerprint density at radius 1 is 1.33 bits per heavy atom. The minimum Gasteiger partial charge on any atom is -0.484 e. The van der Waals surface area contributed by atoms with Gasteiger partial charge in [0.15, 0.2) is 6.61 Å². The second-order valence-electron chi connectivity index (χ2n) is 4.70. The van der Waals surface area contributed by atoms with Gasteiger partial charge in [-0.2, -0.15) is 5.10 Å². The minimum atomic E-state index is -0.284. The molecule has 1 aromatic heterocycles. The van der Waals surface area contributed by atoms with Crippen LogP contribution in [0.5, 0.6) is 5.75 Å². The van der Waals surface area contributed by atoms with Crippen molar-refractivity contribution in [1.82, 2.24) is 9.78 Å². The Bertz CT molecular complexity index is 621. The number of anilines is 1. The van der Waals surface area contributed by atoms with E-state index in [9.17, 15) is 4.79 Å². The molecule has 7 heteroatoms. The van der Waals surface area contributed by atoms with Gasteiger partial charge >= 0.3 is 0 Å². The molecule has 2 aromatic rings. The van der Waals surface area contributed by atoms with Crippen LogP contribution in [0.15, 0.2) is 30.5 Å². The molecular weight excluding hydrogens is 313 g/mol. The monoisotopic (exact) mass is 327 g/mol. The second-order valence-corrected chi connectivity index (χ2v) is 5.57. The third-order valence-corrected chi connectivity index (χ3v) is 3.07. The maximum absolute atomic E-state index is 11.9. The van der Waals surface area contributed by atoms with Crippen molar-refractivity contribution in [2.24, 2.45) is 0 Å². The fraction of sp³-hybridized carbons (Fsp3) is 0.286. The quantitative estimate of drug-likeness (QED) is 0.908. The third kappa shape index (κ3) is 4.37. The van der Waals surface area contributed by atoms with Crippen LogP contribution < -0.4 is 10.1 Å². The summed E-state index contributed by atoms with van der Waals surface area (Å²) in [5.41, 5.74) is 0. The molecule has 0 saturated heterocycles. The van der Waals surface area contributed by atoms with Gasteiger partial charge in [-0.15, -0.1) is 0 Å². The van der Waals surface area contributed by atoms with Crippen molar-refractivity contribution in [3.05, 3.63) is 40.5 Å². The van der Waals surface area contributed by atoms with Crippen molar-refractivity contribution < 1.29 is 9.53 Å². The molecule has 21 heavy (non-hydrogen) atoms. The molecule has 0 radical (unpaired) electrons. The number of carbonyl (C=O) groups is 1. The first-order valence-corrected chi connectivity index (χ1v) is 7.13. The van der Waals surface area contributed by atoms with Gasteiger partial charge in [0.1, 0.15) is 11.6 Å². The van der Waals surface area contributed by atoms with Crippen molar-refractivity contribution in [3.63, 3.8) is 0 Å². The Hall–Kier alpha value is -1.72. The molecule has 112 valence electrons. The highest BCUT2D eigenvalue weighted by atomic mass is 35.5. The number of hydrogen-bond donors (Lipinski definition) is 1. The summed E-state index contributed by atoms with van der Waals surface area (Å²) >= 11 is 11.7. The molecule has 1 N–H and O–H groups in total. The van der Waals surface area contributed by atoms with Crippen LogP contribution in [-0.4, -0.2) is 22.3 Å². The Kier molecular flexibility index (Phi) is 5.09. The van der Waals surface area contributed by atoms with Crippen molar-refractivity contribution in [3.8, 4) is 5.75 Å². The lowest BCUT2D eigenvalue weighted by Crippen LogP contribution is -2.22. The molecule has 1 heterocycles. The molecule has 0 bridgehead atoms. The summed E-state index contributed by atoms with van der Waals surface area (Å²) in [7, 11) is 0. The van der Waals surface area contributed by atoms with E-state index in [0.717, 1.165) is 0 Å². The average Bonchev–Trinajstić information content (AvgIpc) is 2.83. The van der Waals surface area contributed by atoms with E-state index in [4.69, 9.17) is 27.9 Å². The number of aromatic nitrogens is 2. The SMILES string of the molecule is CC(C)n1nccc1NC(=O)COc1cc(Cl)cc(Cl)c1. The maximum Gasteiger partial charge on any atom is 0.263 e. The lowest BCUT2D eigenvalue weighted by molar-refractivity contribution is -0.118. The standard InChI is InChI=1S/C14H15Cl2N3O2/c1-9(2)19-13(3-4-17-19)18-14(20)8-21-12-6-10(15)5-11(16)7-12/h3-7,9H,8H2,1-2H3,(H,18,20). The van der Waals surface area contributed by atoms with Gasteiger partial charge in [0.2, 0.25) is 0 Å². The fourth-order valence-electron chi connectivity index (χ4n) is 1.76. The molecule has 0 aliphatic carbocycles. The average molecular weight is 328 g/mol. The smallest absolute Gasteiger partial charge is 0.263 e. The lowest BCUT2D eigenvalue weighted by Gasteiger charge is -2.12. The zero-order valence-corrected chi connectivity index (χ0v) is 13.1.